The van der Waals surface area contributed by atoms with Gasteiger partial charge in [0.2, 0.25) is 0 Å². The maximum atomic E-state index is 12.4. The van der Waals surface area contributed by atoms with E-state index in [1.165, 1.54) is 18.2 Å². The highest BCUT2D eigenvalue weighted by Crippen LogP contribution is 2.24. The Balaban J connectivity index is 2.34. The van der Waals surface area contributed by atoms with Crippen LogP contribution in [-0.4, -0.2) is 41.5 Å². The van der Waals surface area contributed by atoms with Crippen LogP contribution < -0.4 is 11.3 Å². The molecule has 0 bridgehead atoms. The Hall–Kier alpha value is -2.19. The van der Waals surface area contributed by atoms with Gasteiger partial charge in [-0.1, -0.05) is 0 Å². The second-order valence-electron chi connectivity index (χ2n) is 4.57. The number of carbonyl (C=O) groups is 1. The molecule has 1 heterocycles. The van der Waals surface area contributed by atoms with Crippen molar-refractivity contribution in [2.75, 3.05) is 25.1 Å². The summed E-state index contributed by atoms with van der Waals surface area (Å²) in [5, 5.41) is 11.0. The molecule has 108 valence electrons. The summed E-state index contributed by atoms with van der Waals surface area (Å²) in [6, 6.07) is 4.11. The third-order valence-electron chi connectivity index (χ3n) is 3.12. The van der Waals surface area contributed by atoms with Crippen molar-refractivity contribution in [3.05, 3.63) is 33.9 Å². The Morgan fingerprint density at radius 2 is 2.35 bits per heavy atom. The zero-order valence-corrected chi connectivity index (χ0v) is 11.0. The molecule has 0 spiro atoms. The number of morpholine rings is 1. The number of carbonyl (C=O) groups excluding carboxylic acids is 1. The smallest absolute Gasteiger partial charge is 0.282 e. The van der Waals surface area contributed by atoms with Gasteiger partial charge in [0, 0.05) is 24.8 Å². The first-order chi connectivity index (χ1) is 9.52. The number of nitrogens with two attached hydrogens (primary N) is 1. The van der Waals surface area contributed by atoms with Crippen molar-refractivity contribution in [2.45, 2.75) is 13.0 Å². The maximum Gasteiger partial charge on any atom is 0.282 e. The van der Waals surface area contributed by atoms with Gasteiger partial charge in [-0.3, -0.25) is 20.8 Å². The molecule has 0 aromatic heterocycles. The van der Waals surface area contributed by atoms with E-state index in [-0.39, 0.29) is 23.3 Å². The predicted molar refractivity (Wildman–Crippen MR) is 72.2 cm³/mol. The molecule has 3 N–H and O–H groups in total. The van der Waals surface area contributed by atoms with Crippen LogP contribution >= 0.6 is 0 Å². The third-order valence-corrected chi connectivity index (χ3v) is 3.12. The van der Waals surface area contributed by atoms with Gasteiger partial charge in [0.25, 0.3) is 11.6 Å². The maximum absolute atomic E-state index is 12.4. The summed E-state index contributed by atoms with van der Waals surface area (Å²) in [4.78, 5) is 24.4. The predicted octanol–water partition coefficient (Wildman–Crippen LogP) is 0.741. The zero-order chi connectivity index (χ0) is 14.7. The first-order valence-corrected chi connectivity index (χ1v) is 6.19. The zero-order valence-electron chi connectivity index (χ0n) is 11.0. The lowest BCUT2D eigenvalue weighted by Crippen LogP contribution is -2.44. The lowest BCUT2D eigenvalue weighted by Gasteiger charge is -2.31. The number of nitrogens with one attached hydrogen (secondary N) is 1. The molecule has 1 aromatic carbocycles. The number of anilines is 1. The number of nitrogens with zero attached hydrogens (tertiary/aromatic N) is 2. The Morgan fingerprint density at radius 3 is 2.95 bits per heavy atom. The molecular formula is C12H16N4O4. The Morgan fingerprint density at radius 1 is 1.60 bits per heavy atom. The van der Waals surface area contributed by atoms with Crippen molar-refractivity contribution in [3.8, 4) is 0 Å². The van der Waals surface area contributed by atoms with E-state index in [4.69, 9.17) is 10.6 Å². The first kappa shape index (κ1) is 14.2. The number of nitro benzene ring substituents is 1. The molecule has 1 aliphatic heterocycles. The van der Waals surface area contributed by atoms with E-state index in [1.807, 2.05) is 6.92 Å². The fourth-order valence-electron chi connectivity index (χ4n) is 2.13. The fourth-order valence-corrected chi connectivity index (χ4v) is 2.13. The van der Waals surface area contributed by atoms with Crippen LogP contribution in [0, 0.1) is 10.1 Å². The minimum Gasteiger partial charge on any atom is -0.375 e. The Bertz CT molecular complexity index is 534. The molecule has 2 rings (SSSR count). The van der Waals surface area contributed by atoms with Gasteiger partial charge in [-0.25, -0.2) is 0 Å². The van der Waals surface area contributed by atoms with Gasteiger partial charge < -0.3 is 15.1 Å². The number of amides is 1. The molecule has 0 saturated carbocycles. The lowest BCUT2D eigenvalue weighted by atomic mass is 10.1. The number of benzene rings is 1. The van der Waals surface area contributed by atoms with Gasteiger partial charge in [-0.15, -0.1) is 0 Å². The SMILES string of the molecule is CC1CN(C(=O)c2cc(NN)ccc2[N+](=O)[O-])CCO1. The van der Waals surface area contributed by atoms with Crippen LogP contribution in [0.1, 0.15) is 17.3 Å². The van der Waals surface area contributed by atoms with Crippen molar-refractivity contribution in [2.24, 2.45) is 5.84 Å². The first-order valence-electron chi connectivity index (χ1n) is 6.19. The molecule has 0 radical (unpaired) electrons. The van der Waals surface area contributed by atoms with Gasteiger partial charge in [-0.05, 0) is 19.1 Å². The van der Waals surface area contributed by atoms with Crippen LogP contribution in [0.15, 0.2) is 18.2 Å². The Labute approximate surface area is 115 Å². The highest BCUT2D eigenvalue weighted by molar-refractivity contribution is 5.99. The van der Waals surface area contributed by atoms with Gasteiger partial charge in [0.1, 0.15) is 5.56 Å². The quantitative estimate of drug-likeness (QED) is 0.480. The van der Waals surface area contributed by atoms with E-state index >= 15 is 0 Å². The summed E-state index contributed by atoms with van der Waals surface area (Å²) >= 11 is 0. The summed E-state index contributed by atoms with van der Waals surface area (Å²) in [6.07, 6.45) is -0.0810. The Kier molecular flexibility index (Phi) is 4.16. The monoisotopic (exact) mass is 280 g/mol. The van der Waals surface area contributed by atoms with E-state index in [2.05, 4.69) is 5.43 Å². The topological polar surface area (TPSA) is 111 Å². The largest absolute Gasteiger partial charge is 0.375 e. The van der Waals surface area contributed by atoms with Gasteiger partial charge >= 0.3 is 0 Å². The molecule has 0 aliphatic carbocycles. The van der Waals surface area contributed by atoms with E-state index < -0.39 is 4.92 Å². The summed E-state index contributed by atoms with van der Waals surface area (Å²) in [5.74, 6) is 4.90. The third kappa shape index (κ3) is 2.86. The molecule has 1 saturated heterocycles. The fraction of sp³-hybridized carbons (Fsp3) is 0.417. The molecule has 20 heavy (non-hydrogen) atoms. The minimum atomic E-state index is -0.572. The number of hydrogen-bond donors (Lipinski definition) is 2. The summed E-state index contributed by atoms with van der Waals surface area (Å²) < 4.78 is 5.36. The molecule has 1 unspecified atom stereocenters. The molecule has 1 fully saturated rings. The highest BCUT2D eigenvalue weighted by atomic mass is 16.6. The average Bonchev–Trinajstić information content (AvgIpc) is 2.45. The van der Waals surface area contributed by atoms with Crippen molar-refractivity contribution < 1.29 is 14.5 Å². The van der Waals surface area contributed by atoms with E-state index in [1.54, 1.807) is 4.90 Å². The van der Waals surface area contributed by atoms with E-state index in [0.717, 1.165) is 0 Å². The molecule has 1 aliphatic rings. The highest BCUT2D eigenvalue weighted by Gasteiger charge is 2.28. The van der Waals surface area contributed by atoms with Crippen LogP contribution in [0.2, 0.25) is 0 Å². The second-order valence-corrected chi connectivity index (χ2v) is 4.57. The second kappa shape index (κ2) is 5.85. The van der Waals surface area contributed by atoms with Crippen molar-refractivity contribution >= 4 is 17.3 Å². The molecule has 1 amide bonds. The number of rotatable bonds is 3. The number of nitrogen functional groups attached to an aromatic ring is 1. The van der Waals surface area contributed by atoms with Gasteiger partial charge in [-0.2, -0.15) is 0 Å². The normalized spacial score (nSPS) is 18.7. The molecule has 1 aromatic rings. The van der Waals surface area contributed by atoms with Crippen molar-refractivity contribution in [3.63, 3.8) is 0 Å². The van der Waals surface area contributed by atoms with Crippen LogP contribution in [-0.2, 0) is 4.74 Å². The number of hydrogen-bond acceptors (Lipinski definition) is 6. The van der Waals surface area contributed by atoms with Crippen LogP contribution in [0.5, 0.6) is 0 Å². The molecule has 8 heteroatoms. The lowest BCUT2D eigenvalue weighted by molar-refractivity contribution is -0.385. The average molecular weight is 280 g/mol. The van der Waals surface area contributed by atoms with Crippen molar-refractivity contribution in [1.29, 1.82) is 0 Å². The number of ether oxygens (including phenoxy) is 1. The molecule has 1 atom stereocenters. The van der Waals surface area contributed by atoms with Crippen LogP contribution in [0.4, 0.5) is 11.4 Å². The van der Waals surface area contributed by atoms with E-state index in [9.17, 15) is 14.9 Å². The van der Waals surface area contributed by atoms with E-state index in [0.29, 0.717) is 25.4 Å². The number of hydrazine groups is 1. The minimum absolute atomic E-state index is 0.0274. The summed E-state index contributed by atoms with van der Waals surface area (Å²) in [7, 11) is 0. The van der Waals surface area contributed by atoms with Crippen LogP contribution in [0.3, 0.4) is 0 Å². The molecule has 8 nitrogen and oxygen atoms in total. The standard InChI is InChI=1S/C12H16N4O4/c1-8-7-15(4-5-20-8)12(17)10-6-9(14-13)2-3-11(10)16(18)19/h2-3,6,8,14H,4-5,7,13H2,1H3. The van der Waals surface area contributed by atoms with Crippen molar-refractivity contribution in [1.82, 2.24) is 4.90 Å². The van der Waals surface area contributed by atoms with Gasteiger partial charge in [0.15, 0.2) is 0 Å². The van der Waals surface area contributed by atoms with Crippen LogP contribution in [0.25, 0.3) is 0 Å². The summed E-state index contributed by atoms with van der Waals surface area (Å²) in [5.41, 5.74) is 2.63. The molecular weight excluding hydrogens is 264 g/mol. The number of nitro groups is 1. The van der Waals surface area contributed by atoms with Gasteiger partial charge in [0.05, 0.1) is 17.6 Å². The summed E-state index contributed by atoms with van der Waals surface area (Å²) in [6.45, 7) is 3.11.